The first kappa shape index (κ1) is 30.9. The molecular formula is C33H40ClN3O3S. The van der Waals surface area contributed by atoms with Gasteiger partial charge in [0, 0.05) is 33.6 Å². The van der Waals surface area contributed by atoms with Crippen molar-refractivity contribution in [3.63, 3.8) is 0 Å². The molecule has 0 bridgehead atoms. The fourth-order valence-corrected chi connectivity index (χ4v) is 6.05. The summed E-state index contributed by atoms with van der Waals surface area (Å²) < 4.78 is 5.00. The molecule has 0 spiro atoms. The van der Waals surface area contributed by atoms with Gasteiger partial charge in [-0.2, -0.15) is 0 Å². The molecule has 0 aliphatic carbocycles. The Kier molecular flexibility index (Phi) is 12.4. The van der Waals surface area contributed by atoms with E-state index in [0.717, 1.165) is 49.6 Å². The average Bonchev–Trinajstić information content (AvgIpc) is 2.99. The van der Waals surface area contributed by atoms with Crippen molar-refractivity contribution >= 4 is 46.7 Å². The van der Waals surface area contributed by atoms with Gasteiger partial charge in [-0.3, -0.25) is 9.69 Å². The molecule has 1 fully saturated rings. The highest BCUT2D eigenvalue weighted by atomic mass is 35.5. The van der Waals surface area contributed by atoms with E-state index in [9.17, 15) is 9.59 Å². The van der Waals surface area contributed by atoms with E-state index in [1.165, 1.54) is 23.3 Å². The Hall–Kier alpha value is -3.00. The lowest BCUT2D eigenvalue weighted by Gasteiger charge is -2.32. The number of ether oxygens (including phenoxy) is 1. The van der Waals surface area contributed by atoms with Gasteiger partial charge in [0.15, 0.2) is 0 Å². The van der Waals surface area contributed by atoms with Gasteiger partial charge in [-0.1, -0.05) is 41.9 Å². The number of amides is 2. The van der Waals surface area contributed by atoms with E-state index in [1.807, 2.05) is 54.3 Å². The molecule has 4 rings (SSSR count). The van der Waals surface area contributed by atoms with Gasteiger partial charge in [0.2, 0.25) is 0 Å². The van der Waals surface area contributed by atoms with Crippen molar-refractivity contribution in [3.8, 4) is 0 Å². The Labute approximate surface area is 253 Å². The van der Waals surface area contributed by atoms with Crippen LogP contribution >= 0.6 is 23.4 Å². The summed E-state index contributed by atoms with van der Waals surface area (Å²) in [6.45, 7) is 6.08. The molecule has 218 valence electrons. The second-order valence-corrected chi connectivity index (χ2v) is 11.9. The van der Waals surface area contributed by atoms with E-state index in [0.29, 0.717) is 30.5 Å². The maximum Gasteiger partial charge on any atom is 0.326 e. The third-order valence-electron chi connectivity index (χ3n) is 7.30. The molecule has 8 heteroatoms. The molecule has 6 nitrogen and oxygen atoms in total. The Bertz CT molecular complexity index is 1220. The first-order valence-corrected chi connectivity index (χ1v) is 15.9. The van der Waals surface area contributed by atoms with Gasteiger partial charge >= 0.3 is 12.0 Å². The van der Waals surface area contributed by atoms with Gasteiger partial charge in [-0.05, 0) is 112 Å². The Morgan fingerprint density at radius 2 is 1.71 bits per heavy atom. The summed E-state index contributed by atoms with van der Waals surface area (Å²) in [6.07, 6.45) is 4.84. The number of hydrogen-bond acceptors (Lipinski definition) is 5. The number of carbonyl (C=O) groups is 2. The number of likely N-dealkylation sites (tertiary alicyclic amines) is 1. The molecule has 1 aliphatic rings. The number of urea groups is 1. The molecule has 0 aromatic heterocycles. The van der Waals surface area contributed by atoms with Crippen LogP contribution in [-0.2, 0) is 16.0 Å². The number of esters is 1. The molecule has 3 aromatic carbocycles. The number of hydrogen-bond donors (Lipinski definition) is 1. The van der Waals surface area contributed by atoms with Gasteiger partial charge in [0.05, 0.1) is 13.0 Å². The lowest BCUT2D eigenvalue weighted by atomic mass is 9.90. The molecule has 1 heterocycles. The zero-order valence-electron chi connectivity index (χ0n) is 23.8. The molecule has 0 radical (unpaired) electrons. The minimum atomic E-state index is -0.138. The number of thioether (sulfide) groups is 1. The van der Waals surface area contributed by atoms with Crippen LogP contribution in [0.1, 0.15) is 38.2 Å². The van der Waals surface area contributed by atoms with E-state index in [4.69, 9.17) is 16.3 Å². The van der Waals surface area contributed by atoms with Gasteiger partial charge in [-0.15, -0.1) is 11.8 Å². The number of nitrogens with one attached hydrogen (secondary N) is 1. The van der Waals surface area contributed by atoms with E-state index in [2.05, 4.69) is 34.5 Å². The van der Waals surface area contributed by atoms with Crippen molar-refractivity contribution in [1.29, 1.82) is 0 Å². The van der Waals surface area contributed by atoms with Crippen LogP contribution in [0.2, 0.25) is 5.02 Å². The van der Waals surface area contributed by atoms with Crippen LogP contribution in [0.4, 0.5) is 16.2 Å². The van der Waals surface area contributed by atoms with Crippen molar-refractivity contribution in [2.75, 3.05) is 48.8 Å². The minimum absolute atomic E-state index is 0.129. The highest BCUT2D eigenvalue weighted by molar-refractivity contribution is 7.99. The van der Waals surface area contributed by atoms with Gasteiger partial charge in [0.1, 0.15) is 0 Å². The van der Waals surface area contributed by atoms with Gasteiger partial charge in [0.25, 0.3) is 0 Å². The topological polar surface area (TPSA) is 61.9 Å². The first-order valence-electron chi connectivity index (χ1n) is 14.5. The number of rotatable bonds is 13. The molecular weight excluding hydrogens is 554 g/mol. The van der Waals surface area contributed by atoms with Crippen molar-refractivity contribution in [2.45, 2.75) is 43.9 Å². The highest BCUT2D eigenvalue weighted by Gasteiger charge is 2.21. The number of halogens is 1. The Morgan fingerprint density at radius 1 is 1.00 bits per heavy atom. The molecule has 0 atom stereocenters. The second-order valence-electron chi connectivity index (χ2n) is 10.3. The van der Waals surface area contributed by atoms with Crippen LogP contribution in [0.3, 0.4) is 0 Å². The zero-order chi connectivity index (χ0) is 28.9. The minimum Gasteiger partial charge on any atom is -0.466 e. The second kappa shape index (κ2) is 16.4. The maximum absolute atomic E-state index is 13.2. The zero-order valence-corrected chi connectivity index (χ0v) is 25.3. The van der Waals surface area contributed by atoms with Crippen LogP contribution in [0.15, 0.2) is 83.8 Å². The van der Waals surface area contributed by atoms with Crippen molar-refractivity contribution in [2.24, 2.45) is 5.92 Å². The highest BCUT2D eigenvalue weighted by Crippen LogP contribution is 2.25. The number of nitrogens with zero attached hydrogens (tertiary/aromatic N) is 2. The quantitative estimate of drug-likeness (QED) is 0.162. The number of para-hydroxylation sites is 1. The SMILES string of the molecule is CCOC(=O)CCSc1ccc(CC2CCN(CCCN(C(=O)Nc3ccc(Cl)cc3)c3ccccc3)CC2)cc1. The molecule has 0 saturated carbocycles. The smallest absolute Gasteiger partial charge is 0.326 e. The van der Waals surface area contributed by atoms with Gasteiger partial charge < -0.3 is 15.0 Å². The first-order chi connectivity index (χ1) is 20.0. The molecule has 3 aromatic rings. The molecule has 1 aliphatic heterocycles. The fourth-order valence-electron chi connectivity index (χ4n) is 5.09. The van der Waals surface area contributed by atoms with E-state index >= 15 is 0 Å². The summed E-state index contributed by atoms with van der Waals surface area (Å²) in [4.78, 5) is 30.2. The van der Waals surface area contributed by atoms with E-state index < -0.39 is 0 Å². The summed E-state index contributed by atoms with van der Waals surface area (Å²) in [5, 5.41) is 3.64. The Morgan fingerprint density at radius 3 is 2.39 bits per heavy atom. The van der Waals surface area contributed by atoms with Crippen molar-refractivity contribution in [1.82, 2.24) is 4.90 Å². The van der Waals surface area contributed by atoms with Crippen molar-refractivity contribution < 1.29 is 14.3 Å². The summed E-state index contributed by atoms with van der Waals surface area (Å²) in [6, 6.07) is 25.7. The number of benzene rings is 3. The summed E-state index contributed by atoms with van der Waals surface area (Å²) in [5.41, 5.74) is 2.99. The van der Waals surface area contributed by atoms with Crippen LogP contribution in [0, 0.1) is 5.92 Å². The van der Waals surface area contributed by atoms with Crippen molar-refractivity contribution in [3.05, 3.63) is 89.4 Å². The predicted octanol–water partition coefficient (Wildman–Crippen LogP) is 7.77. The van der Waals surface area contributed by atoms with Crippen LogP contribution in [0.25, 0.3) is 0 Å². The number of piperidine rings is 1. The van der Waals surface area contributed by atoms with E-state index in [1.54, 1.807) is 23.9 Å². The largest absolute Gasteiger partial charge is 0.466 e. The maximum atomic E-state index is 13.2. The van der Waals surface area contributed by atoms with Gasteiger partial charge in [-0.25, -0.2) is 4.79 Å². The number of anilines is 2. The fraction of sp³-hybridized carbons (Fsp3) is 0.394. The summed E-state index contributed by atoms with van der Waals surface area (Å²) in [5.74, 6) is 1.31. The third-order valence-corrected chi connectivity index (χ3v) is 8.57. The van der Waals surface area contributed by atoms with Crippen LogP contribution < -0.4 is 10.2 Å². The predicted molar refractivity (Wildman–Crippen MR) is 170 cm³/mol. The summed E-state index contributed by atoms with van der Waals surface area (Å²) >= 11 is 7.69. The molecule has 0 unspecified atom stereocenters. The lowest BCUT2D eigenvalue weighted by Crippen LogP contribution is -2.39. The molecule has 1 N–H and O–H groups in total. The monoisotopic (exact) mass is 593 g/mol. The van der Waals surface area contributed by atoms with Crippen LogP contribution in [-0.4, -0.2) is 55.4 Å². The lowest BCUT2D eigenvalue weighted by molar-refractivity contribution is -0.142. The Balaban J connectivity index is 1.19. The van der Waals surface area contributed by atoms with E-state index in [-0.39, 0.29) is 12.0 Å². The summed E-state index contributed by atoms with van der Waals surface area (Å²) in [7, 11) is 0. The third kappa shape index (κ3) is 10.4. The molecule has 1 saturated heterocycles. The number of carbonyl (C=O) groups excluding carboxylic acids is 2. The van der Waals surface area contributed by atoms with Crippen LogP contribution in [0.5, 0.6) is 0 Å². The standard InChI is InChI=1S/C33H40ClN3O3S/c1-2-40-32(38)19-24-41-31-15-9-26(10-16-31)25-27-17-22-36(23-18-27)20-6-21-37(30-7-4-3-5-8-30)33(39)35-29-13-11-28(34)12-14-29/h3-5,7-16,27H,2,6,17-25H2,1H3,(H,35,39). The molecule has 2 amide bonds. The average molecular weight is 594 g/mol. The molecule has 41 heavy (non-hydrogen) atoms. The normalized spacial score (nSPS) is 14.0.